The lowest BCUT2D eigenvalue weighted by Gasteiger charge is -2.38. The van der Waals surface area contributed by atoms with Crippen LogP contribution in [0.4, 0.5) is 0 Å². The second-order valence-electron chi connectivity index (χ2n) is 3.56. The van der Waals surface area contributed by atoms with E-state index in [0.717, 1.165) is 7.11 Å². The topological polar surface area (TPSA) is 107 Å². The van der Waals surface area contributed by atoms with Crippen LogP contribution in [0.2, 0.25) is 0 Å². The maximum Gasteiger partial charge on any atom is 0.338 e. The fourth-order valence-corrected chi connectivity index (χ4v) is 1.63. The molecule has 1 aliphatic rings. The molecule has 6 heteroatoms. The van der Waals surface area contributed by atoms with E-state index in [2.05, 4.69) is 4.74 Å². The van der Waals surface area contributed by atoms with Crippen molar-refractivity contribution in [1.82, 2.24) is 0 Å². The number of hydrogen-bond donors (Lipinski definition) is 4. The van der Waals surface area contributed by atoms with E-state index in [-0.39, 0.29) is 12.8 Å². The quantitative estimate of drug-likeness (QED) is 0.362. The number of carbonyl (C=O) groups excluding carboxylic acids is 1. The Hall–Kier alpha value is -0.690. The van der Waals surface area contributed by atoms with Gasteiger partial charge < -0.3 is 25.2 Å². The highest BCUT2D eigenvalue weighted by molar-refractivity contribution is 5.79. The van der Waals surface area contributed by atoms with E-state index in [0.29, 0.717) is 0 Å². The van der Waals surface area contributed by atoms with Gasteiger partial charge in [-0.3, -0.25) is 0 Å². The number of methoxy groups -OCH3 is 1. The van der Waals surface area contributed by atoms with Crippen LogP contribution in [0.3, 0.4) is 0 Å². The maximum absolute atomic E-state index is 11.1. The summed E-state index contributed by atoms with van der Waals surface area (Å²) in [4.78, 5) is 11.1. The molecule has 0 bridgehead atoms. The highest BCUT2D eigenvalue weighted by atomic mass is 16.5. The van der Waals surface area contributed by atoms with Crippen molar-refractivity contribution in [2.75, 3.05) is 7.11 Å². The third kappa shape index (κ3) is 1.88. The summed E-state index contributed by atoms with van der Waals surface area (Å²) in [5.41, 5.74) is -1.91. The van der Waals surface area contributed by atoms with E-state index < -0.39 is 29.9 Å². The monoisotopic (exact) mass is 206 g/mol. The molecule has 0 heterocycles. The number of hydrogen-bond acceptors (Lipinski definition) is 6. The fourth-order valence-electron chi connectivity index (χ4n) is 1.63. The standard InChI is InChI=1S/C8H14O6/c1-14-7(12)8(13)2-4(9)6(11)5(10)3-8/h4-6,9-11,13H,2-3H2,1H3/t4-,5+,6?,8?. The molecule has 0 aromatic rings. The summed E-state index contributed by atoms with van der Waals surface area (Å²) < 4.78 is 4.33. The summed E-state index contributed by atoms with van der Waals surface area (Å²) in [6.45, 7) is 0. The Morgan fingerprint density at radius 1 is 1.29 bits per heavy atom. The first kappa shape index (κ1) is 11.4. The van der Waals surface area contributed by atoms with Gasteiger partial charge in [-0.2, -0.15) is 0 Å². The fraction of sp³-hybridized carbons (Fsp3) is 0.875. The van der Waals surface area contributed by atoms with Crippen molar-refractivity contribution >= 4 is 5.97 Å². The molecule has 1 saturated carbocycles. The van der Waals surface area contributed by atoms with Crippen molar-refractivity contribution in [2.24, 2.45) is 0 Å². The van der Waals surface area contributed by atoms with Crippen molar-refractivity contribution in [3.8, 4) is 0 Å². The lowest BCUT2D eigenvalue weighted by molar-refractivity contribution is -0.189. The molecule has 2 unspecified atom stereocenters. The number of rotatable bonds is 1. The predicted molar refractivity (Wildman–Crippen MR) is 44.2 cm³/mol. The number of aliphatic hydroxyl groups is 4. The maximum atomic E-state index is 11.1. The van der Waals surface area contributed by atoms with Gasteiger partial charge in [0.05, 0.1) is 19.3 Å². The molecule has 4 N–H and O–H groups in total. The van der Waals surface area contributed by atoms with E-state index in [1.807, 2.05) is 0 Å². The Labute approximate surface area is 80.7 Å². The second kappa shape index (κ2) is 3.82. The molecular weight excluding hydrogens is 192 g/mol. The van der Waals surface area contributed by atoms with Gasteiger partial charge in [0.1, 0.15) is 6.10 Å². The van der Waals surface area contributed by atoms with Crippen molar-refractivity contribution in [3.63, 3.8) is 0 Å². The third-order valence-electron chi connectivity index (χ3n) is 2.45. The zero-order chi connectivity index (χ0) is 10.9. The van der Waals surface area contributed by atoms with E-state index >= 15 is 0 Å². The van der Waals surface area contributed by atoms with Crippen LogP contribution in [0.1, 0.15) is 12.8 Å². The predicted octanol–water partition coefficient (Wildman–Crippen LogP) is -2.23. The van der Waals surface area contributed by atoms with Gasteiger partial charge in [0.25, 0.3) is 0 Å². The molecule has 0 aromatic heterocycles. The van der Waals surface area contributed by atoms with Crippen LogP contribution in [-0.4, -0.2) is 57.4 Å². The molecule has 0 radical (unpaired) electrons. The normalized spacial score (nSPS) is 43.4. The van der Waals surface area contributed by atoms with Crippen molar-refractivity contribution < 1.29 is 30.0 Å². The van der Waals surface area contributed by atoms with Gasteiger partial charge in [0.15, 0.2) is 5.60 Å². The molecule has 0 amide bonds. The van der Waals surface area contributed by atoms with Gasteiger partial charge in [-0.1, -0.05) is 0 Å². The SMILES string of the molecule is COC(=O)C1(O)C[C@@H](O)C(O)[C@@H](O)C1. The zero-order valence-electron chi connectivity index (χ0n) is 7.75. The summed E-state index contributed by atoms with van der Waals surface area (Å²) in [6.07, 6.45) is -4.67. The molecular formula is C8H14O6. The van der Waals surface area contributed by atoms with Crippen LogP contribution >= 0.6 is 0 Å². The van der Waals surface area contributed by atoms with Gasteiger partial charge in [0.2, 0.25) is 0 Å². The Morgan fingerprint density at radius 2 is 1.71 bits per heavy atom. The summed E-state index contributed by atoms with van der Waals surface area (Å²) >= 11 is 0. The van der Waals surface area contributed by atoms with Crippen molar-refractivity contribution in [2.45, 2.75) is 36.8 Å². The first-order chi connectivity index (χ1) is 6.40. The minimum Gasteiger partial charge on any atom is -0.467 e. The molecule has 0 aliphatic heterocycles. The van der Waals surface area contributed by atoms with Gasteiger partial charge >= 0.3 is 5.97 Å². The van der Waals surface area contributed by atoms with Crippen molar-refractivity contribution in [1.29, 1.82) is 0 Å². The molecule has 14 heavy (non-hydrogen) atoms. The Balaban J connectivity index is 2.78. The van der Waals surface area contributed by atoms with Gasteiger partial charge in [-0.15, -0.1) is 0 Å². The summed E-state index contributed by atoms with van der Waals surface area (Å²) in [6, 6.07) is 0. The minimum atomic E-state index is -1.91. The Bertz CT molecular complexity index is 216. The molecule has 1 aliphatic carbocycles. The summed E-state index contributed by atoms with van der Waals surface area (Å²) in [5.74, 6) is -0.914. The zero-order valence-corrected chi connectivity index (χ0v) is 7.75. The van der Waals surface area contributed by atoms with Crippen molar-refractivity contribution in [3.05, 3.63) is 0 Å². The Kier molecular flexibility index (Phi) is 3.10. The van der Waals surface area contributed by atoms with Crippen LogP contribution in [0.5, 0.6) is 0 Å². The lowest BCUT2D eigenvalue weighted by Crippen LogP contribution is -2.56. The molecule has 0 aromatic carbocycles. The van der Waals surface area contributed by atoms with Crippen LogP contribution < -0.4 is 0 Å². The van der Waals surface area contributed by atoms with Crippen LogP contribution in [-0.2, 0) is 9.53 Å². The molecule has 6 nitrogen and oxygen atoms in total. The first-order valence-electron chi connectivity index (χ1n) is 4.25. The molecule has 0 spiro atoms. The van der Waals surface area contributed by atoms with E-state index in [4.69, 9.17) is 5.11 Å². The number of carbonyl (C=O) groups is 1. The molecule has 1 rings (SSSR count). The second-order valence-corrected chi connectivity index (χ2v) is 3.56. The van der Waals surface area contributed by atoms with E-state index in [1.165, 1.54) is 0 Å². The van der Waals surface area contributed by atoms with Crippen LogP contribution in [0, 0.1) is 0 Å². The number of aliphatic hydroxyl groups excluding tert-OH is 3. The molecule has 4 atom stereocenters. The van der Waals surface area contributed by atoms with Crippen LogP contribution in [0.25, 0.3) is 0 Å². The third-order valence-corrected chi connectivity index (χ3v) is 2.45. The summed E-state index contributed by atoms with van der Waals surface area (Å²) in [7, 11) is 1.10. The minimum absolute atomic E-state index is 0.335. The first-order valence-corrected chi connectivity index (χ1v) is 4.25. The molecule has 0 saturated heterocycles. The van der Waals surface area contributed by atoms with E-state index in [9.17, 15) is 20.1 Å². The number of ether oxygens (including phenoxy) is 1. The number of esters is 1. The summed E-state index contributed by atoms with van der Waals surface area (Å²) in [5, 5.41) is 37.4. The van der Waals surface area contributed by atoms with Gasteiger partial charge in [0, 0.05) is 12.8 Å². The van der Waals surface area contributed by atoms with Gasteiger partial charge in [-0.05, 0) is 0 Å². The molecule has 82 valence electrons. The van der Waals surface area contributed by atoms with Crippen LogP contribution in [0.15, 0.2) is 0 Å². The largest absolute Gasteiger partial charge is 0.467 e. The molecule has 1 fully saturated rings. The van der Waals surface area contributed by atoms with Gasteiger partial charge in [-0.25, -0.2) is 4.79 Å². The lowest BCUT2D eigenvalue weighted by atomic mass is 9.80. The average molecular weight is 206 g/mol. The smallest absolute Gasteiger partial charge is 0.338 e. The highest BCUT2D eigenvalue weighted by Crippen LogP contribution is 2.30. The van der Waals surface area contributed by atoms with E-state index in [1.54, 1.807) is 0 Å². The highest BCUT2D eigenvalue weighted by Gasteiger charge is 2.49. The average Bonchev–Trinajstić information content (AvgIpc) is 2.12. The Morgan fingerprint density at radius 3 is 2.07 bits per heavy atom.